The fourth-order valence-electron chi connectivity index (χ4n) is 5.67. The quantitative estimate of drug-likeness (QED) is 0.0197. The van der Waals surface area contributed by atoms with Gasteiger partial charge in [0, 0.05) is 12.8 Å². The van der Waals surface area contributed by atoms with Crippen LogP contribution in [0.25, 0.3) is 0 Å². The van der Waals surface area contributed by atoms with Gasteiger partial charge in [-0.25, -0.2) is 0 Å². The maximum Gasteiger partial charge on any atom is 0.306 e. The highest BCUT2D eigenvalue weighted by molar-refractivity contribution is 7.45. The van der Waals surface area contributed by atoms with E-state index in [0.29, 0.717) is 17.4 Å². The van der Waals surface area contributed by atoms with Gasteiger partial charge in [0.05, 0.1) is 27.7 Å². The Bertz CT molecular complexity index is 1220. The molecule has 0 aliphatic heterocycles. The standard InChI is InChI=1S/C48H84NO8P/c1-6-8-10-12-14-16-18-20-22-23-24-25-27-28-30-32-34-36-38-40-47(50)54-44-46(45-56-58(52,53)55-43-42-49(3,4)5)57-48(51)41-39-37-35-33-31-29-26-21-19-17-15-13-11-9-7-2/h9,11,14-17,20-22,26,31,33,46H,6-8,10,12-13,18-19,23-25,27-30,32,34-45H2,1-5H3/b11-9+,16-14+,17-15+,22-20+,26-21+,33-31+/t46-/m1/s1. The van der Waals surface area contributed by atoms with Crippen molar-refractivity contribution in [2.24, 2.45) is 0 Å². The molecule has 0 aliphatic carbocycles. The SMILES string of the molecule is CC/C=C/C/C=C/C/C=C/C/C=C/CCCCC(=O)O[C@H](COC(=O)CCCCCCCCCCC/C=C/C/C=C/CCCCC)COP(=O)([O-])OCC[N+](C)(C)C. The third-order valence-electron chi connectivity index (χ3n) is 9.21. The van der Waals surface area contributed by atoms with Gasteiger partial charge in [0.1, 0.15) is 19.8 Å². The minimum Gasteiger partial charge on any atom is -0.756 e. The number of ether oxygens (including phenoxy) is 2. The number of unbranched alkanes of at least 4 members (excludes halogenated alkanes) is 14. The third kappa shape index (κ3) is 43.0. The van der Waals surface area contributed by atoms with E-state index < -0.39 is 32.5 Å². The van der Waals surface area contributed by atoms with Gasteiger partial charge in [0.25, 0.3) is 7.82 Å². The second-order valence-electron chi connectivity index (χ2n) is 16.0. The average molecular weight is 834 g/mol. The number of phosphoric acid groups is 1. The molecule has 334 valence electrons. The molecule has 0 saturated carbocycles. The summed E-state index contributed by atoms with van der Waals surface area (Å²) >= 11 is 0. The van der Waals surface area contributed by atoms with Crippen molar-refractivity contribution in [3.63, 3.8) is 0 Å². The second-order valence-corrected chi connectivity index (χ2v) is 17.4. The molecule has 0 rings (SSSR count). The van der Waals surface area contributed by atoms with Crippen molar-refractivity contribution < 1.29 is 42.1 Å². The topological polar surface area (TPSA) is 111 Å². The molecule has 0 spiro atoms. The van der Waals surface area contributed by atoms with Crippen molar-refractivity contribution in [1.82, 2.24) is 0 Å². The number of carbonyl (C=O) groups is 2. The van der Waals surface area contributed by atoms with E-state index in [1.54, 1.807) is 0 Å². The lowest BCUT2D eigenvalue weighted by molar-refractivity contribution is -0.870. The summed E-state index contributed by atoms with van der Waals surface area (Å²) in [5.74, 6) is -0.893. The Morgan fingerprint density at radius 3 is 1.50 bits per heavy atom. The summed E-state index contributed by atoms with van der Waals surface area (Å²) in [6.45, 7) is 4.02. The zero-order valence-electron chi connectivity index (χ0n) is 37.5. The summed E-state index contributed by atoms with van der Waals surface area (Å²) in [6.07, 6.45) is 49.3. The second kappa shape index (κ2) is 39.9. The highest BCUT2D eigenvalue weighted by Gasteiger charge is 2.21. The molecule has 10 heteroatoms. The molecule has 0 aromatic rings. The number of hydrogen-bond acceptors (Lipinski definition) is 8. The predicted molar refractivity (Wildman–Crippen MR) is 240 cm³/mol. The van der Waals surface area contributed by atoms with Crippen molar-refractivity contribution in [3.05, 3.63) is 72.9 Å². The number of esters is 2. The van der Waals surface area contributed by atoms with Crippen LogP contribution in [0.4, 0.5) is 0 Å². The van der Waals surface area contributed by atoms with Crippen LogP contribution < -0.4 is 4.89 Å². The lowest BCUT2D eigenvalue weighted by Crippen LogP contribution is -2.37. The van der Waals surface area contributed by atoms with E-state index in [-0.39, 0.29) is 26.1 Å². The normalized spacial score (nSPS) is 14.2. The van der Waals surface area contributed by atoms with Gasteiger partial charge >= 0.3 is 11.9 Å². The minimum absolute atomic E-state index is 0.0431. The van der Waals surface area contributed by atoms with Crippen LogP contribution in [0.3, 0.4) is 0 Å². The molecule has 0 saturated heterocycles. The number of hydrogen-bond donors (Lipinski definition) is 0. The average Bonchev–Trinajstić information content (AvgIpc) is 3.17. The molecular formula is C48H84NO8P. The molecule has 0 radical (unpaired) electrons. The Labute approximate surface area is 355 Å². The molecule has 0 heterocycles. The molecule has 0 fully saturated rings. The van der Waals surface area contributed by atoms with E-state index in [2.05, 4.69) is 86.8 Å². The summed E-state index contributed by atoms with van der Waals surface area (Å²) in [4.78, 5) is 37.5. The van der Waals surface area contributed by atoms with Crippen molar-refractivity contribution in [1.29, 1.82) is 0 Å². The molecule has 0 N–H and O–H groups in total. The van der Waals surface area contributed by atoms with Gasteiger partial charge in [-0.2, -0.15) is 0 Å². The van der Waals surface area contributed by atoms with Crippen LogP contribution in [0.5, 0.6) is 0 Å². The Balaban J connectivity index is 4.39. The van der Waals surface area contributed by atoms with Crippen LogP contribution in [0.1, 0.15) is 168 Å². The van der Waals surface area contributed by atoms with Gasteiger partial charge in [-0.3, -0.25) is 14.2 Å². The van der Waals surface area contributed by atoms with Gasteiger partial charge < -0.3 is 27.9 Å². The summed E-state index contributed by atoms with van der Waals surface area (Å²) in [5.41, 5.74) is 0. The first kappa shape index (κ1) is 55.5. The monoisotopic (exact) mass is 834 g/mol. The maximum atomic E-state index is 12.7. The smallest absolute Gasteiger partial charge is 0.306 e. The number of carbonyl (C=O) groups excluding carboxylic acids is 2. The molecule has 2 atom stereocenters. The lowest BCUT2D eigenvalue weighted by Gasteiger charge is -2.28. The largest absolute Gasteiger partial charge is 0.756 e. The van der Waals surface area contributed by atoms with E-state index in [0.717, 1.165) is 77.0 Å². The van der Waals surface area contributed by atoms with Gasteiger partial charge in [-0.15, -0.1) is 0 Å². The van der Waals surface area contributed by atoms with Crippen molar-refractivity contribution in [3.8, 4) is 0 Å². The zero-order valence-corrected chi connectivity index (χ0v) is 38.4. The molecule has 58 heavy (non-hydrogen) atoms. The highest BCUT2D eigenvalue weighted by atomic mass is 31.2. The fraction of sp³-hybridized carbons (Fsp3) is 0.708. The highest BCUT2D eigenvalue weighted by Crippen LogP contribution is 2.38. The minimum atomic E-state index is -4.64. The molecule has 9 nitrogen and oxygen atoms in total. The van der Waals surface area contributed by atoms with Crippen LogP contribution >= 0.6 is 7.82 Å². The van der Waals surface area contributed by atoms with Crippen LogP contribution in [0.2, 0.25) is 0 Å². The Hall–Kier alpha value is -2.55. The molecule has 1 unspecified atom stereocenters. The van der Waals surface area contributed by atoms with E-state index in [1.807, 2.05) is 21.1 Å². The van der Waals surface area contributed by atoms with Crippen LogP contribution in [-0.4, -0.2) is 70.0 Å². The number of phosphoric ester groups is 1. The van der Waals surface area contributed by atoms with Crippen LogP contribution in [-0.2, 0) is 32.7 Å². The third-order valence-corrected chi connectivity index (χ3v) is 10.2. The van der Waals surface area contributed by atoms with E-state index in [1.165, 1.54) is 57.8 Å². The number of nitrogens with zero attached hydrogens (tertiary/aromatic N) is 1. The first-order chi connectivity index (χ1) is 28.0. The summed E-state index contributed by atoms with van der Waals surface area (Å²) in [6, 6.07) is 0. The fourth-order valence-corrected chi connectivity index (χ4v) is 6.40. The number of likely N-dealkylation sites (N-methyl/N-ethyl adjacent to an activating group) is 1. The predicted octanol–water partition coefficient (Wildman–Crippen LogP) is 12.4. The summed E-state index contributed by atoms with van der Waals surface area (Å²) < 4.78 is 33.9. The first-order valence-electron chi connectivity index (χ1n) is 22.6. The Morgan fingerprint density at radius 2 is 0.983 bits per heavy atom. The Kier molecular flexibility index (Phi) is 38.1. The number of allylic oxidation sites excluding steroid dienone is 12. The molecule has 0 amide bonds. The summed E-state index contributed by atoms with van der Waals surface area (Å²) in [7, 11) is 1.12. The molecular weight excluding hydrogens is 750 g/mol. The molecule has 0 aliphatic rings. The molecule has 0 aromatic carbocycles. The van der Waals surface area contributed by atoms with Crippen LogP contribution in [0, 0.1) is 0 Å². The van der Waals surface area contributed by atoms with Gasteiger partial charge in [0.15, 0.2) is 6.10 Å². The van der Waals surface area contributed by atoms with Crippen molar-refractivity contribution in [2.75, 3.05) is 47.5 Å². The van der Waals surface area contributed by atoms with Gasteiger partial charge in [-0.05, 0) is 83.5 Å². The van der Waals surface area contributed by atoms with Crippen molar-refractivity contribution in [2.45, 2.75) is 174 Å². The lowest BCUT2D eigenvalue weighted by atomic mass is 10.1. The van der Waals surface area contributed by atoms with E-state index in [4.69, 9.17) is 18.5 Å². The maximum absolute atomic E-state index is 12.7. The zero-order chi connectivity index (χ0) is 42.8. The van der Waals surface area contributed by atoms with E-state index >= 15 is 0 Å². The van der Waals surface area contributed by atoms with Gasteiger partial charge in [-0.1, -0.05) is 145 Å². The van der Waals surface area contributed by atoms with E-state index in [9.17, 15) is 19.0 Å². The molecule has 0 aromatic heterocycles. The van der Waals surface area contributed by atoms with Gasteiger partial charge in [0.2, 0.25) is 0 Å². The Morgan fingerprint density at radius 1 is 0.552 bits per heavy atom. The first-order valence-corrected chi connectivity index (χ1v) is 24.1. The molecule has 0 bridgehead atoms. The number of rotatable bonds is 40. The van der Waals surface area contributed by atoms with Crippen LogP contribution in [0.15, 0.2) is 72.9 Å². The van der Waals surface area contributed by atoms with Crippen molar-refractivity contribution >= 4 is 19.8 Å². The summed E-state index contributed by atoms with van der Waals surface area (Å²) in [5, 5.41) is 0. The number of quaternary nitrogens is 1.